The first-order chi connectivity index (χ1) is 9.10. The highest BCUT2D eigenvalue weighted by Crippen LogP contribution is 2.22. The summed E-state index contributed by atoms with van der Waals surface area (Å²) in [7, 11) is 1.69. The lowest BCUT2D eigenvalue weighted by atomic mass is 9.98. The quantitative estimate of drug-likeness (QED) is 0.866. The fourth-order valence-electron chi connectivity index (χ4n) is 2.54. The lowest BCUT2D eigenvalue weighted by molar-refractivity contribution is 0.0571. The van der Waals surface area contributed by atoms with Crippen LogP contribution in [0.25, 0.3) is 0 Å². The number of anilines is 1. The highest BCUT2D eigenvalue weighted by atomic mass is 35.5. The van der Waals surface area contributed by atoms with Gasteiger partial charge >= 0.3 is 0 Å². The van der Waals surface area contributed by atoms with Gasteiger partial charge in [-0.3, -0.25) is 4.79 Å². The number of likely N-dealkylation sites (tertiary alicyclic amines) is 1. The third kappa shape index (κ3) is 3.61. The first-order valence-electron chi connectivity index (χ1n) is 6.44. The summed E-state index contributed by atoms with van der Waals surface area (Å²) in [4.78, 5) is 14.3. The minimum absolute atomic E-state index is 0.00463. The molecule has 5 heteroatoms. The molecular weight excluding hydrogens is 264 g/mol. The molecule has 1 fully saturated rings. The number of halogens is 1. The molecule has 1 aromatic rings. The lowest BCUT2D eigenvalue weighted by Crippen LogP contribution is -2.41. The van der Waals surface area contributed by atoms with Gasteiger partial charge in [-0.25, -0.2) is 0 Å². The van der Waals surface area contributed by atoms with Crippen LogP contribution in [0.1, 0.15) is 23.2 Å². The van der Waals surface area contributed by atoms with Crippen molar-refractivity contribution in [1.82, 2.24) is 4.90 Å². The predicted molar refractivity (Wildman–Crippen MR) is 76.4 cm³/mol. The van der Waals surface area contributed by atoms with Crippen molar-refractivity contribution in [3.05, 3.63) is 28.8 Å². The van der Waals surface area contributed by atoms with Gasteiger partial charge in [0, 0.05) is 36.5 Å². The summed E-state index contributed by atoms with van der Waals surface area (Å²) < 4.78 is 5.17. The summed E-state index contributed by atoms with van der Waals surface area (Å²) in [6, 6.07) is 4.98. The molecule has 1 aliphatic rings. The molecule has 1 unspecified atom stereocenters. The molecule has 0 radical (unpaired) electrons. The first kappa shape index (κ1) is 14.2. The summed E-state index contributed by atoms with van der Waals surface area (Å²) in [5.74, 6) is 0.411. The Hall–Kier alpha value is -1.26. The van der Waals surface area contributed by atoms with Crippen LogP contribution in [-0.2, 0) is 4.74 Å². The second-order valence-electron chi connectivity index (χ2n) is 4.99. The maximum absolute atomic E-state index is 12.4. The number of nitrogens with two attached hydrogens (primary N) is 1. The molecule has 0 aromatic heterocycles. The first-order valence-corrected chi connectivity index (χ1v) is 6.82. The number of methoxy groups -OCH3 is 1. The molecule has 1 amide bonds. The number of rotatable bonds is 3. The number of ether oxygens (including phenoxy) is 1. The van der Waals surface area contributed by atoms with Gasteiger partial charge in [-0.1, -0.05) is 11.6 Å². The van der Waals surface area contributed by atoms with Gasteiger partial charge in [0.05, 0.1) is 6.61 Å². The van der Waals surface area contributed by atoms with Crippen LogP contribution in [0.2, 0.25) is 5.02 Å². The number of hydrogen-bond acceptors (Lipinski definition) is 3. The van der Waals surface area contributed by atoms with Crippen molar-refractivity contribution in [3.63, 3.8) is 0 Å². The Morgan fingerprint density at radius 2 is 2.32 bits per heavy atom. The van der Waals surface area contributed by atoms with E-state index >= 15 is 0 Å². The Balaban J connectivity index is 2.10. The van der Waals surface area contributed by atoms with Crippen LogP contribution in [-0.4, -0.2) is 37.6 Å². The molecule has 1 heterocycles. The smallest absolute Gasteiger partial charge is 0.253 e. The van der Waals surface area contributed by atoms with Crippen LogP contribution < -0.4 is 5.73 Å². The van der Waals surface area contributed by atoms with Crippen molar-refractivity contribution < 1.29 is 9.53 Å². The number of carbonyl (C=O) groups excluding carboxylic acids is 1. The molecule has 19 heavy (non-hydrogen) atoms. The van der Waals surface area contributed by atoms with Crippen molar-refractivity contribution in [2.24, 2.45) is 5.92 Å². The SMILES string of the molecule is COCC1CCCN(C(=O)c2cc(N)cc(Cl)c2)C1. The summed E-state index contributed by atoms with van der Waals surface area (Å²) in [5, 5.41) is 0.494. The molecule has 4 nitrogen and oxygen atoms in total. The number of amides is 1. The van der Waals surface area contributed by atoms with E-state index in [9.17, 15) is 4.79 Å². The number of piperidine rings is 1. The summed E-state index contributed by atoms with van der Waals surface area (Å²) in [6.07, 6.45) is 2.12. The largest absolute Gasteiger partial charge is 0.399 e. The van der Waals surface area contributed by atoms with Gasteiger partial charge in [0.15, 0.2) is 0 Å². The molecule has 1 atom stereocenters. The maximum atomic E-state index is 12.4. The molecule has 0 aliphatic carbocycles. The van der Waals surface area contributed by atoms with Gasteiger partial charge in [-0.15, -0.1) is 0 Å². The molecule has 0 bridgehead atoms. The second kappa shape index (κ2) is 6.26. The van der Waals surface area contributed by atoms with Crippen LogP contribution in [0.3, 0.4) is 0 Å². The maximum Gasteiger partial charge on any atom is 0.253 e. The molecule has 0 saturated carbocycles. The van der Waals surface area contributed by atoms with E-state index in [-0.39, 0.29) is 5.91 Å². The van der Waals surface area contributed by atoms with E-state index in [2.05, 4.69) is 0 Å². The van der Waals surface area contributed by atoms with E-state index in [0.29, 0.717) is 28.8 Å². The third-order valence-corrected chi connectivity index (χ3v) is 3.59. The van der Waals surface area contributed by atoms with Crippen molar-refractivity contribution in [1.29, 1.82) is 0 Å². The average Bonchev–Trinajstić information content (AvgIpc) is 2.37. The number of nitrogen functional groups attached to an aromatic ring is 1. The molecule has 104 valence electrons. The van der Waals surface area contributed by atoms with Gasteiger partial charge in [0.2, 0.25) is 0 Å². The predicted octanol–water partition coefficient (Wildman–Crippen LogP) is 2.42. The van der Waals surface area contributed by atoms with Gasteiger partial charge < -0.3 is 15.4 Å². The molecule has 1 aromatic carbocycles. The highest BCUT2D eigenvalue weighted by molar-refractivity contribution is 6.31. The lowest BCUT2D eigenvalue weighted by Gasteiger charge is -2.32. The molecular formula is C14H19ClN2O2. The fourth-order valence-corrected chi connectivity index (χ4v) is 2.78. The Labute approximate surface area is 118 Å². The van der Waals surface area contributed by atoms with Crippen molar-refractivity contribution >= 4 is 23.2 Å². The molecule has 0 spiro atoms. The Morgan fingerprint density at radius 1 is 1.53 bits per heavy atom. The normalized spacial score (nSPS) is 19.5. The van der Waals surface area contributed by atoms with Crippen molar-refractivity contribution in [2.45, 2.75) is 12.8 Å². The second-order valence-corrected chi connectivity index (χ2v) is 5.42. The zero-order valence-electron chi connectivity index (χ0n) is 11.1. The number of hydrogen-bond donors (Lipinski definition) is 1. The number of benzene rings is 1. The standard InChI is InChI=1S/C14H19ClN2O2/c1-19-9-10-3-2-4-17(8-10)14(18)11-5-12(15)7-13(16)6-11/h5-7,10H,2-4,8-9,16H2,1H3. The van der Waals surface area contributed by atoms with E-state index in [1.807, 2.05) is 4.90 Å². The molecule has 2 rings (SSSR count). The van der Waals surface area contributed by atoms with E-state index in [4.69, 9.17) is 22.1 Å². The van der Waals surface area contributed by atoms with Crippen LogP contribution in [0, 0.1) is 5.92 Å². The minimum atomic E-state index is -0.00463. The summed E-state index contributed by atoms with van der Waals surface area (Å²) >= 11 is 5.94. The van der Waals surface area contributed by atoms with Crippen molar-refractivity contribution in [2.75, 3.05) is 32.5 Å². The molecule has 1 aliphatic heterocycles. The highest BCUT2D eigenvalue weighted by Gasteiger charge is 2.24. The average molecular weight is 283 g/mol. The van der Waals surface area contributed by atoms with Gasteiger partial charge in [-0.05, 0) is 37.0 Å². The van der Waals surface area contributed by atoms with E-state index in [1.165, 1.54) is 0 Å². The third-order valence-electron chi connectivity index (χ3n) is 3.38. The molecule has 2 N–H and O–H groups in total. The monoisotopic (exact) mass is 282 g/mol. The Kier molecular flexibility index (Phi) is 4.66. The van der Waals surface area contributed by atoms with Crippen LogP contribution in [0.15, 0.2) is 18.2 Å². The molecule has 1 saturated heterocycles. The van der Waals surface area contributed by atoms with Crippen molar-refractivity contribution in [3.8, 4) is 0 Å². The van der Waals surface area contributed by atoms with Gasteiger partial charge in [0.1, 0.15) is 0 Å². The number of carbonyl (C=O) groups is 1. The zero-order chi connectivity index (χ0) is 13.8. The van der Waals surface area contributed by atoms with Gasteiger partial charge in [-0.2, -0.15) is 0 Å². The van der Waals surface area contributed by atoms with Crippen LogP contribution >= 0.6 is 11.6 Å². The minimum Gasteiger partial charge on any atom is -0.399 e. The zero-order valence-corrected chi connectivity index (χ0v) is 11.8. The summed E-state index contributed by atoms with van der Waals surface area (Å²) in [5.41, 5.74) is 6.80. The summed E-state index contributed by atoms with van der Waals surface area (Å²) in [6.45, 7) is 2.21. The Bertz CT molecular complexity index is 443. The fraction of sp³-hybridized carbons (Fsp3) is 0.500. The van der Waals surface area contributed by atoms with Crippen LogP contribution in [0.4, 0.5) is 5.69 Å². The van der Waals surface area contributed by atoms with E-state index in [1.54, 1.807) is 25.3 Å². The Morgan fingerprint density at radius 3 is 3.00 bits per heavy atom. The van der Waals surface area contributed by atoms with Gasteiger partial charge in [0.25, 0.3) is 5.91 Å². The van der Waals surface area contributed by atoms with E-state index in [0.717, 1.165) is 25.9 Å². The van der Waals surface area contributed by atoms with E-state index < -0.39 is 0 Å². The number of nitrogens with zero attached hydrogens (tertiary/aromatic N) is 1. The van der Waals surface area contributed by atoms with Crippen LogP contribution in [0.5, 0.6) is 0 Å². The topological polar surface area (TPSA) is 55.6 Å².